The van der Waals surface area contributed by atoms with Gasteiger partial charge in [-0.3, -0.25) is 0 Å². The van der Waals surface area contributed by atoms with Gasteiger partial charge in [-0.25, -0.2) is 0 Å². The summed E-state index contributed by atoms with van der Waals surface area (Å²) in [4.78, 5) is 0. The van der Waals surface area contributed by atoms with Crippen molar-refractivity contribution in [3.63, 3.8) is 0 Å². The highest BCUT2D eigenvalue weighted by Crippen LogP contribution is 2.83. The number of hydrogen-bond acceptors (Lipinski definition) is 1. The van der Waals surface area contributed by atoms with Crippen molar-refractivity contribution in [2.45, 2.75) is 39.7 Å². The minimum absolute atomic E-state index is 0.289. The minimum atomic E-state index is -0.359. The standard InChI is InChI=1S/C9H12O.C2H6/c1-5-4-9(10)7-3-6(5)8(7,9)2;1-2/h4,6-7,10H,3H2,1-2H3;1-2H3/t6-,7?,8?,9?;/m1./s1. The molecule has 4 atom stereocenters. The Hall–Kier alpha value is -0.300. The quantitative estimate of drug-likeness (QED) is 0.548. The Morgan fingerprint density at radius 2 is 2.08 bits per heavy atom. The van der Waals surface area contributed by atoms with Crippen LogP contribution in [-0.4, -0.2) is 10.7 Å². The molecule has 1 nitrogen and oxygen atoms in total. The summed E-state index contributed by atoms with van der Waals surface area (Å²) in [6.45, 7) is 8.37. The first-order valence-electron chi connectivity index (χ1n) is 5.02. The molecule has 0 radical (unpaired) electrons. The SMILES string of the molecule is CC.CC1=CC2(O)C3C[C@H]1C32C. The molecule has 0 aromatic rings. The monoisotopic (exact) mass is 166 g/mol. The average Bonchev–Trinajstić information content (AvgIpc) is 2.28. The molecule has 0 heterocycles. The Labute approximate surface area is 74.5 Å². The molecule has 0 aliphatic heterocycles. The highest BCUT2D eigenvalue weighted by molar-refractivity contribution is 5.49. The predicted molar refractivity (Wildman–Crippen MR) is 49.8 cm³/mol. The molecule has 0 bridgehead atoms. The Balaban J connectivity index is 0.000000264. The van der Waals surface area contributed by atoms with Crippen LogP contribution < -0.4 is 0 Å². The molecular weight excluding hydrogens is 148 g/mol. The van der Waals surface area contributed by atoms with E-state index >= 15 is 0 Å². The molecule has 0 saturated heterocycles. The second kappa shape index (κ2) is 1.95. The van der Waals surface area contributed by atoms with Crippen molar-refractivity contribution in [2.75, 3.05) is 0 Å². The number of hydrogen-bond donors (Lipinski definition) is 1. The van der Waals surface area contributed by atoms with Gasteiger partial charge in [0.2, 0.25) is 0 Å². The highest BCUT2D eigenvalue weighted by Gasteiger charge is 2.84. The van der Waals surface area contributed by atoms with E-state index in [9.17, 15) is 5.11 Å². The number of aliphatic hydroxyl groups is 1. The van der Waals surface area contributed by atoms with Crippen LogP contribution in [-0.2, 0) is 0 Å². The van der Waals surface area contributed by atoms with Gasteiger partial charge in [0.1, 0.15) is 0 Å². The van der Waals surface area contributed by atoms with E-state index in [0.717, 1.165) is 5.92 Å². The number of rotatable bonds is 0. The van der Waals surface area contributed by atoms with Gasteiger partial charge in [-0.05, 0) is 19.3 Å². The summed E-state index contributed by atoms with van der Waals surface area (Å²) in [5.74, 6) is 1.34. The normalized spacial score (nSPS) is 57.6. The van der Waals surface area contributed by atoms with Crippen LogP contribution in [0.3, 0.4) is 0 Å². The van der Waals surface area contributed by atoms with Crippen LogP contribution in [0.4, 0.5) is 0 Å². The van der Waals surface area contributed by atoms with E-state index < -0.39 is 0 Å². The zero-order valence-electron chi connectivity index (χ0n) is 8.39. The first-order valence-corrected chi connectivity index (χ1v) is 5.02. The van der Waals surface area contributed by atoms with Crippen LogP contribution in [0.2, 0.25) is 0 Å². The van der Waals surface area contributed by atoms with Crippen LogP contribution in [0.1, 0.15) is 34.1 Å². The molecule has 0 spiro atoms. The first-order chi connectivity index (χ1) is 5.61. The molecule has 0 amide bonds. The average molecular weight is 166 g/mol. The van der Waals surface area contributed by atoms with E-state index in [-0.39, 0.29) is 11.0 Å². The third-order valence-corrected chi connectivity index (χ3v) is 4.23. The van der Waals surface area contributed by atoms with Crippen molar-refractivity contribution in [1.29, 1.82) is 0 Å². The third-order valence-electron chi connectivity index (χ3n) is 4.23. The van der Waals surface area contributed by atoms with Gasteiger partial charge in [0.05, 0.1) is 5.60 Å². The van der Waals surface area contributed by atoms with Crippen molar-refractivity contribution < 1.29 is 5.11 Å². The van der Waals surface area contributed by atoms with E-state index in [2.05, 4.69) is 19.9 Å². The molecule has 3 aliphatic rings. The van der Waals surface area contributed by atoms with E-state index in [0.29, 0.717) is 5.92 Å². The number of allylic oxidation sites excluding steroid dienone is 1. The minimum Gasteiger partial charge on any atom is -0.385 e. The van der Waals surface area contributed by atoms with Crippen molar-refractivity contribution in [2.24, 2.45) is 17.3 Å². The maximum absolute atomic E-state index is 9.93. The molecular formula is C11H18O. The van der Waals surface area contributed by atoms with Crippen molar-refractivity contribution >= 4 is 0 Å². The fourth-order valence-corrected chi connectivity index (χ4v) is 3.37. The summed E-state index contributed by atoms with van der Waals surface area (Å²) in [5.41, 5.74) is 1.35. The molecule has 3 unspecified atom stereocenters. The summed E-state index contributed by atoms with van der Waals surface area (Å²) in [6.07, 6.45) is 3.33. The topological polar surface area (TPSA) is 20.2 Å². The summed E-state index contributed by atoms with van der Waals surface area (Å²) >= 11 is 0. The lowest BCUT2D eigenvalue weighted by molar-refractivity contribution is 0.156. The summed E-state index contributed by atoms with van der Waals surface area (Å²) in [7, 11) is 0. The lowest BCUT2D eigenvalue weighted by atomic mass is 9.72. The van der Waals surface area contributed by atoms with E-state index in [4.69, 9.17) is 0 Å². The van der Waals surface area contributed by atoms with E-state index in [1.165, 1.54) is 12.0 Å². The third kappa shape index (κ3) is 0.517. The Kier molecular flexibility index (Phi) is 1.35. The zero-order valence-corrected chi connectivity index (χ0v) is 8.39. The van der Waals surface area contributed by atoms with Gasteiger partial charge < -0.3 is 5.11 Å². The highest BCUT2D eigenvalue weighted by atomic mass is 16.3. The summed E-state index contributed by atoms with van der Waals surface area (Å²) in [5, 5.41) is 9.93. The van der Waals surface area contributed by atoms with Gasteiger partial charge in [-0.1, -0.05) is 32.4 Å². The smallest absolute Gasteiger partial charge is 0.0927 e. The molecule has 2 fully saturated rings. The lowest BCUT2D eigenvalue weighted by Crippen LogP contribution is -2.25. The van der Waals surface area contributed by atoms with Gasteiger partial charge in [-0.2, -0.15) is 0 Å². The van der Waals surface area contributed by atoms with Gasteiger partial charge in [0, 0.05) is 11.3 Å². The molecule has 68 valence electrons. The van der Waals surface area contributed by atoms with Gasteiger partial charge >= 0.3 is 0 Å². The van der Waals surface area contributed by atoms with Crippen molar-refractivity contribution in [1.82, 2.24) is 0 Å². The summed E-state index contributed by atoms with van der Waals surface area (Å²) < 4.78 is 0. The largest absolute Gasteiger partial charge is 0.385 e. The molecule has 0 aromatic heterocycles. The number of fused-ring (bicyclic) bond motifs is 1. The van der Waals surface area contributed by atoms with Gasteiger partial charge in [0.25, 0.3) is 0 Å². The predicted octanol–water partition coefficient (Wildman–Crippen LogP) is 2.36. The second-order valence-corrected chi connectivity index (χ2v) is 4.34. The van der Waals surface area contributed by atoms with Crippen LogP contribution in [0.25, 0.3) is 0 Å². The van der Waals surface area contributed by atoms with E-state index in [1.807, 2.05) is 13.8 Å². The molecule has 0 aromatic carbocycles. The van der Waals surface area contributed by atoms with Crippen molar-refractivity contribution in [3.8, 4) is 0 Å². The van der Waals surface area contributed by atoms with Gasteiger partial charge in [-0.15, -0.1) is 0 Å². The molecule has 1 N–H and O–H groups in total. The summed E-state index contributed by atoms with van der Waals surface area (Å²) in [6, 6.07) is 0. The van der Waals surface area contributed by atoms with Gasteiger partial charge in [0.15, 0.2) is 0 Å². The maximum atomic E-state index is 9.93. The molecule has 1 heteroatoms. The van der Waals surface area contributed by atoms with Crippen LogP contribution in [0, 0.1) is 17.3 Å². The zero-order chi connectivity index (χ0) is 9.15. The van der Waals surface area contributed by atoms with Crippen molar-refractivity contribution in [3.05, 3.63) is 11.6 Å². The Morgan fingerprint density at radius 3 is 2.25 bits per heavy atom. The Bertz CT molecular complexity index is 256. The fraction of sp³-hybridized carbons (Fsp3) is 0.818. The first kappa shape index (κ1) is 8.31. The molecule has 3 rings (SSSR count). The fourth-order valence-electron chi connectivity index (χ4n) is 3.37. The second-order valence-electron chi connectivity index (χ2n) is 4.34. The Morgan fingerprint density at radius 1 is 1.50 bits per heavy atom. The molecule has 12 heavy (non-hydrogen) atoms. The molecule has 3 aliphatic carbocycles. The maximum Gasteiger partial charge on any atom is 0.0927 e. The van der Waals surface area contributed by atoms with Crippen LogP contribution in [0.15, 0.2) is 11.6 Å². The van der Waals surface area contributed by atoms with Crippen LogP contribution in [0.5, 0.6) is 0 Å². The molecule has 2 saturated carbocycles. The van der Waals surface area contributed by atoms with E-state index in [1.54, 1.807) is 0 Å². The van der Waals surface area contributed by atoms with Crippen LogP contribution >= 0.6 is 0 Å². The lowest BCUT2D eigenvalue weighted by Gasteiger charge is -2.31.